The van der Waals surface area contributed by atoms with E-state index in [1.165, 1.54) is 6.07 Å². The molecule has 0 amide bonds. The molecule has 17 heavy (non-hydrogen) atoms. The highest BCUT2D eigenvalue weighted by Crippen LogP contribution is 2.34. The van der Waals surface area contributed by atoms with Crippen molar-refractivity contribution in [1.29, 1.82) is 0 Å². The van der Waals surface area contributed by atoms with E-state index in [1.807, 2.05) is 0 Å². The standard InChI is InChI=1S/C13H19NO3/c1-13(2,3)9-6-14(7-9)8-10-4-5-11(17-10)12(15)16/h4-5,9H,6-8H2,1-3H3,(H,15,16). The topological polar surface area (TPSA) is 53.7 Å². The van der Waals surface area contributed by atoms with Gasteiger partial charge in [-0.25, -0.2) is 4.79 Å². The predicted octanol–water partition coefficient (Wildman–Crippen LogP) is 2.46. The summed E-state index contributed by atoms with van der Waals surface area (Å²) in [5.74, 6) is 0.464. The highest BCUT2D eigenvalue weighted by molar-refractivity contribution is 5.84. The van der Waals surface area contributed by atoms with Crippen molar-refractivity contribution in [1.82, 2.24) is 4.90 Å². The van der Waals surface area contributed by atoms with Crippen LogP contribution in [-0.4, -0.2) is 29.1 Å². The van der Waals surface area contributed by atoms with Crippen molar-refractivity contribution in [3.63, 3.8) is 0 Å². The number of carbonyl (C=O) groups is 1. The molecule has 2 rings (SSSR count). The zero-order valence-electron chi connectivity index (χ0n) is 10.6. The largest absolute Gasteiger partial charge is 0.475 e. The van der Waals surface area contributed by atoms with Gasteiger partial charge in [-0.1, -0.05) is 20.8 Å². The SMILES string of the molecule is CC(C)(C)C1CN(Cc2ccc(C(=O)O)o2)C1. The first kappa shape index (κ1) is 12.2. The maximum Gasteiger partial charge on any atom is 0.371 e. The van der Waals surface area contributed by atoms with Gasteiger partial charge in [0.15, 0.2) is 0 Å². The molecule has 0 radical (unpaired) electrons. The van der Waals surface area contributed by atoms with Gasteiger partial charge < -0.3 is 9.52 Å². The smallest absolute Gasteiger partial charge is 0.371 e. The van der Waals surface area contributed by atoms with Gasteiger partial charge in [0, 0.05) is 13.1 Å². The molecule has 2 heterocycles. The maximum atomic E-state index is 10.7. The molecule has 0 bridgehead atoms. The van der Waals surface area contributed by atoms with Crippen LogP contribution >= 0.6 is 0 Å². The van der Waals surface area contributed by atoms with E-state index in [0.717, 1.165) is 24.8 Å². The Hall–Kier alpha value is -1.29. The summed E-state index contributed by atoms with van der Waals surface area (Å²) in [6.45, 7) is 9.60. The van der Waals surface area contributed by atoms with Gasteiger partial charge in [0.1, 0.15) is 5.76 Å². The highest BCUT2D eigenvalue weighted by atomic mass is 16.4. The normalized spacial score (nSPS) is 18.1. The van der Waals surface area contributed by atoms with Crippen molar-refractivity contribution in [2.24, 2.45) is 11.3 Å². The minimum atomic E-state index is -1.01. The zero-order chi connectivity index (χ0) is 12.6. The molecule has 1 N–H and O–H groups in total. The van der Waals surface area contributed by atoms with Crippen LogP contribution in [0.3, 0.4) is 0 Å². The molecule has 0 aromatic carbocycles. The van der Waals surface area contributed by atoms with Gasteiger partial charge in [0.2, 0.25) is 5.76 Å². The van der Waals surface area contributed by atoms with E-state index in [2.05, 4.69) is 25.7 Å². The predicted molar refractivity (Wildman–Crippen MR) is 63.9 cm³/mol. The minimum absolute atomic E-state index is 0.0212. The summed E-state index contributed by atoms with van der Waals surface area (Å²) in [7, 11) is 0. The fourth-order valence-electron chi connectivity index (χ4n) is 2.04. The number of likely N-dealkylation sites (tertiary alicyclic amines) is 1. The van der Waals surface area contributed by atoms with Gasteiger partial charge in [-0.15, -0.1) is 0 Å². The second-order valence-corrected chi connectivity index (χ2v) is 5.83. The summed E-state index contributed by atoms with van der Waals surface area (Å²) in [4.78, 5) is 12.9. The fourth-order valence-corrected chi connectivity index (χ4v) is 2.04. The van der Waals surface area contributed by atoms with Gasteiger partial charge in [0.25, 0.3) is 0 Å². The molecule has 94 valence electrons. The van der Waals surface area contributed by atoms with Crippen LogP contribution in [0, 0.1) is 11.3 Å². The number of rotatable bonds is 3. The van der Waals surface area contributed by atoms with Crippen LogP contribution in [-0.2, 0) is 6.54 Å². The summed E-state index contributed by atoms with van der Waals surface area (Å²) in [5.41, 5.74) is 0.353. The van der Waals surface area contributed by atoms with Crippen LogP contribution in [0.1, 0.15) is 37.1 Å². The van der Waals surface area contributed by atoms with Gasteiger partial charge in [-0.05, 0) is 23.5 Å². The third-order valence-electron chi connectivity index (χ3n) is 3.43. The van der Waals surface area contributed by atoms with Crippen LogP contribution in [0.25, 0.3) is 0 Å². The second kappa shape index (κ2) is 4.18. The van der Waals surface area contributed by atoms with Crippen LogP contribution in [0.5, 0.6) is 0 Å². The van der Waals surface area contributed by atoms with Gasteiger partial charge in [-0.2, -0.15) is 0 Å². The maximum absolute atomic E-state index is 10.7. The Bertz CT molecular complexity index is 411. The molecule has 4 heteroatoms. The van der Waals surface area contributed by atoms with E-state index in [9.17, 15) is 4.79 Å². The summed E-state index contributed by atoms with van der Waals surface area (Å²) in [6, 6.07) is 3.26. The molecule has 1 aromatic heterocycles. The Morgan fingerprint density at radius 3 is 2.59 bits per heavy atom. The van der Waals surface area contributed by atoms with Crippen LogP contribution in [0.4, 0.5) is 0 Å². The Kier molecular flexibility index (Phi) is 3.00. The fraction of sp³-hybridized carbons (Fsp3) is 0.615. The molecular weight excluding hydrogens is 218 g/mol. The first-order chi connectivity index (χ1) is 7.86. The molecule has 1 aliphatic rings. The number of furan rings is 1. The van der Waals surface area contributed by atoms with E-state index >= 15 is 0 Å². The molecule has 1 aromatic rings. The average molecular weight is 237 g/mol. The first-order valence-electron chi connectivity index (χ1n) is 5.90. The molecular formula is C13H19NO3. The Balaban J connectivity index is 1.86. The van der Waals surface area contributed by atoms with Crippen molar-refractivity contribution < 1.29 is 14.3 Å². The number of hydrogen-bond donors (Lipinski definition) is 1. The monoisotopic (exact) mass is 237 g/mol. The van der Waals surface area contributed by atoms with E-state index in [4.69, 9.17) is 9.52 Å². The number of nitrogens with zero attached hydrogens (tertiary/aromatic N) is 1. The third kappa shape index (κ3) is 2.69. The Labute approximate surface area is 101 Å². The lowest BCUT2D eigenvalue weighted by Gasteiger charge is -2.46. The summed E-state index contributed by atoms with van der Waals surface area (Å²) in [6.07, 6.45) is 0. The third-order valence-corrected chi connectivity index (χ3v) is 3.43. The summed E-state index contributed by atoms with van der Waals surface area (Å²) >= 11 is 0. The first-order valence-corrected chi connectivity index (χ1v) is 5.90. The van der Waals surface area contributed by atoms with Crippen molar-refractivity contribution in [3.05, 3.63) is 23.7 Å². The minimum Gasteiger partial charge on any atom is -0.475 e. The van der Waals surface area contributed by atoms with Crippen molar-refractivity contribution in [2.45, 2.75) is 27.3 Å². The van der Waals surface area contributed by atoms with Gasteiger partial charge in [0.05, 0.1) is 6.54 Å². The Morgan fingerprint density at radius 2 is 2.12 bits per heavy atom. The molecule has 1 saturated heterocycles. The highest BCUT2D eigenvalue weighted by Gasteiger charge is 2.35. The molecule has 0 unspecified atom stereocenters. The molecule has 0 saturated carbocycles. The molecule has 0 spiro atoms. The Morgan fingerprint density at radius 1 is 1.47 bits per heavy atom. The average Bonchev–Trinajstić information content (AvgIpc) is 2.56. The van der Waals surface area contributed by atoms with E-state index in [0.29, 0.717) is 12.0 Å². The van der Waals surface area contributed by atoms with Crippen molar-refractivity contribution >= 4 is 5.97 Å². The number of carboxylic acids is 1. The molecule has 4 nitrogen and oxygen atoms in total. The van der Waals surface area contributed by atoms with E-state index in [1.54, 1.807) is 6.07 Å². The number of carboxylic acid groups (broad SMARTS) is 1. The van der Waals surface area contributed by atoms with Crippen LogP contribution in [0.15, 0.2) is 16.5 Å². The summed E-state index contributed by atoms with van der Waals surface area (Å²) < 4.78 is 5.23. The lowest BCUT2D eigenvalue weighted by atomic mass is 9.76. The molecule has 0 aliphatic carbocycles. The van der Waals surface area contributed by atoms with Gasteiger partial charge in [-0.3, -0.25) is 4.90 Å². The number of aromatic carboxylic acids is 1. The zero-order valence-corrected chi connectivity index (χ0v) is 10.6. The molecule has 1 fully saturated rings. The van der Waals surface area contributed by atoms with E-state index in [-0.39, 0.29) is 5.76 Å². The molecule has 0 atom stereocenters. The lowest BCUT2D eigenvalue weighted by Crippen LogP contribution is -2.51. The van der Waals surface area contributed by atoms with Crippen molar-refractivity contribution in [2.75, 3.05) is 13.1 Å². The number of hydrogen-bond acceptors (Lipinski definition) is 3. The van der Waals surface area contributed by atoms with Crippen LogP contribution in [0.2, 0.25) is 0 Å². The summed E-state index contributed by atoms with van der Waals surface area (Å²) in [5, 5.41) is 8.74. The quantitative estimate of drug-likeness (QED) is 0.877. The lowest BCUT2D eigenvalue weighted by molar-refractivity contribution is 0.0142. The second-order valence-electron chi connectivity index (χ2n) is 5.83. The molecule has 1 aliphatic heterocycles. The van der Waals surface area contributed by atoms with Gasteiger partial charge >= 0.3 is 5.97 Å². The van der Waals surface area contributed by atoms with E-state index < -0.39 is 5.97 Å². The van der Waals surface area contributed by atoms with Crippen LogP contribution < -0.4 is 0 Å². The van der Waals surface area contributed by atoms with Crippen molar-refractivity contribution in [3.8, 4) is 0 Å².